The molecule has 2 nitrogen and oxygen atoms in total. The monoisotopic (exact) mass is 202 g/mol. The molecule has 64 valence electrons. The zero-order valence-corrected chi connectivity index (χ0v) is 7.73. The van der Waals surface area contributed by atoms with E-state index < -0.39 is 5.97 Å². The highest BCUT2D eigenvalue weighted by Crippen LogP contribution is 2.50. The highest BCUT2D eigenvalue weighted by Gasteiger charge is 2.45. The predicted molar refractivity (Wildman–Crippen MR) is 47.8 cm³/mol. The number of rotatable bonds is 2. The van der Waals surface area contributed by atoms with Crippen molar-refractivity contribution < 1.29 is 9.90 Å². The van der Waals surface area contributed by atoms with Crippen molar-refractivity contribution in [3.8, 4) is 0 Å². The number of carbonyl (C=O) groups is 1. The Morgan fingerprint density at radius 3 is 2.92 bits per heavy atom. The van der Waals surface area contributed by atoms with E-state index in [2.05, 4.69) is 0 Å². The smallest absolute Gasteiger partial charge is 0.307 e. The molecule has 12 heavy (non-hydrogen) atoms. The van der Waals surface area contributed by atoms with E-state index in [0.29, 0.717) is 0 Å². The van der Waals surface area contributed by atoms with E-state index in [9.17, 15) is 4.79 Å². The third-order valence-electron chi connectivity index (χ3n) is 2.15. The summed E-state index contributed by atoms with van der Waals surface area (Å²) in [5.41, 5.74) is 1.01. The van der Waals surface area contributed by atoms with E-state index in [4.69, 9.17) is 16.7 Å². The van der Waals surface area contributed by atoms with Crippen molar-refractivity contribution in [3.05, 3.63) is 21.3 Å². The molecule has 1 heterocycles. The van der Waals surface area contributed by atoms with Crippen molar-refractivity contribution >= 4 is 28.9 Å². The molecule has 0 saturated heterocycles. The Labute approximate surface area is 78.8 Å². The van der Waals surface area contributed by atoms with E-state index in [1.807, 2.05) is 11.4 Å². The predicted octanol–water partition coefficient (Wildman–Crippen LogP) is 2.59. The molecule has 1 aliphatic carbocycles. The third-order valence-corrected chi connectivity index (χ3v) is 3.35. The summed E-state index contributed by atoms with van der Waals surface area (Å²) in [6.07, 6.45) is 0.742. The summed E-state index contributed by atoms with van der Waals surface area (Å²) in [5.74, 6) is -0.736. The Morgan fingerprint density at radius 1 is 1.75 bits per heavy atom. The Kier molecular flexibility index (Phi) is 1.85. The fraction of sp³-hybridized carbons (Fsp3) is 0.375. The number of hydrogen-bond donors (Lipinski definition) is 1. The molecule has 1 fully saturated rings. The molecule has 2 unspecified atom stereocenters. The van der Waals surface area contributed by atoms with Gasteiger partial charge in [-0.3, -0.25) is 4.79 Å². The molecule has 0 bridgehead atoms. The van der Waals surface area contributed by atoms with Crippen LogP contribution in [-0.2, 0) is 4.79 Å². The van der Waals surface area contributed by atoms with Gasteiger partial charge in [0, 0.05) is 5.92 Å². The van der Waals surface area contributed by atoms with Crippen LogP contribution in [0, 0.1) is 5.92 Å². The lowest BCUT2D eigenvalue weighted by atomic mass is 10.2. The SMILES string of the molecule is O=C(O)C1CC1c1ccsc1Cl. The minimum absolute atomic E-state index is 0.168. The van der Waals surface area contributed by atoms with Gasteiger partial charge in [0.05, 0.1) is 10.3 Å². The number of carboxylic acid groups (broad SMARTS) is 1. The summed E-state index contributed by atoms with van der Waals surface area (Å²) in [7, 11) is 0. The van der Waals surface area contributed by atoms with E-state index in [1.165, 1.54) is 11.3 Å². The van der Waals surface area contributed by atoms with Gasteiger partial charge in [0.1, 0.15) is 0 Å². The maximum Gasteiger partial charge on any atom is 0.307 e. The zero-order chi connectivity index (χ0) is 8.72. The lowest BCUT2D eigenvalue weighted by molar-refractivity contribution is -0.138. The van der Waals surface area contributed by atoms with Crippen molar-refractivity contribution in [2.75, 3.05) is 0 Å². The molecule has 1 aromatic rings. The van der Waals surface area contributed by atoms with Crippen LogP contribution in [0.25, 0.3) is 0 Å². The van der Waals surface area contributed by atoms with Crippen LogP contribution in [0.1, 0.15) is 17.9 Å². The average molecular weight is 203 g/mol. The minimum atomic E-state index is -0.706. The maximum atomic E-state index is 10.5. The number of thiophene rings is 1. The van der Waals surface area contributed by atoms with Gasteiger partial charge in [-0.15, -0.1) is 11.3 Å². The lowest BCUT2D eigenvalue weighted by Gasteiger charge is -1.92. The first-order valence-electron chi connectivity index (χ1n) is 3.66. The van der Waals surface area contributed by atoms with Crippen LogP contribution in [0.5, 0.6) is 0 Å². The lowest BCUT2D eigenvalue weighted by Crippen LogP contribution is -1.98. The first-order valence-corrected chi connectivity index (χ1v) is 4.91. The normalized spacial score (nSPS) is 27.1. The first-order chi connectivity index (χ1) is 5.70. The van der Waals surface area contributed by atoms with E-state index >= 15 is 0 Å². The highest BCUT2D eigenvalue weighted by atomic mass is 35.5. The van der Waals surface area contributed by atoms with Crippen molar-refractivity contribution in [1.29, 1.82) is 0 Å². The fourth-order valence-corrected chi connectivity index (χ4v) is 2.43. The van der Waals surface area contributed by atoms with Crippen molar-refractivity contribution in [2.24, 2.45) is 5.92 Å². The van der Waals surface area contributed by atoms with Crippen LogP contribution < -0.4 is 0 Å². The molecule has 0 amide bonds. The highest BCUT2D eigenvalue weighted by molar-refractivity contribution is 7.14. The number of halogens is 1. The third kappa shape index (κ3) is 1.23. The summed E-state index contributed by atoms with van der Waals surface area (Å²) in [4.78, 5) is 10.5. The van der Waals surface area contributed by atoms with Gasteiger partial charge >= 0.3 is 5.97 Å². The van der Waals surface area contributed by atoms with Crippen LogP contribution in [0.4, 0.5) is 0 Å². The van der Waals surface area contributed by atoms with Crippen LogP contribution >= 0.6 is 22.9 Å². The van der Waals surface area contributed by atoms with E-state index in [0.717, 1.165) is 16.3 Å². The summed E-state index contributed by atoms with van der Waals surface area (Å²) in [6, 6.07) is 1.92. The second-order valence-electron chi connectivity index (χ2n) is 2.94. The minimum Gasteiger partial charge on any atom is -0.481 e. The standard InChI is InChI=1S/C8H7ClO2S/c9-7-4(1-2-12-7)5-3-6(5)8(10)11/h1-2,5-6H,3H2,(H,10,11). The summed E-state index contributed by atoms with van der Waals surface area (Å²) >= 11 is 7.33. The van der Waals surface area contributed by atoms with E-state index in [1.54, 1.807) is 0 Å². The second kappa shape index (κ2) is 2.75. The van der Waals surface area contributed by atoms with Crippen molar-refractivity contribution in [2.45, 2.75) is 12.3 Å². The summed E-state index contributed by atoms with van der Waals surface area (Å²) in [6.45, 7) is 0. The van der Waals surface area contributed by atoms with Crippen molar-refractivity contribution in [3.63, 3.8) is 0 Å². The van der Waals surface area contributed by atoms with Crippen LogP contribution in [-0.4, -0.2) is 11.1 Å². The van der Waals surface area contributed by atoms with Gasteiger partial charge in [0.15, 0.2) is 0 Å². The molecular weight excluding hydrogens is 196 g/mol. The van der Waals surface area contributed by atoms with E-state index in [-0.39, 0.29) is 11.8 Å². The average Bonchev–Trinajstić information content (AvgIpc) is 2.70. The van der Waals surface area contributed by atoms with Crippen molar-refractivity contribution in [1.82, 2.24) is 0 Å². The molecule has 1 aliphatic rings. The Bertz CT molecular complexity index is 321. The summed E-state index contributed by atoms with van der Waals surface area (Å²) < 4.78 is 0.740. The maximum absolute atomic E-state index is 10.5. The molecule has 1 aromatic heterocycles. The zero-order valence-electron chi connectivity index (χ0n) is 6.16. The molecule has 4 heteroatoms. The molecule has 0 radical (unpaired) electrons. The largest absolute Gasteiger partial charge is 0.481 e. The molecule has 0 spiro atoms. The van der Waals surface area contributed by atoms with Crippen LogP contribution in [0.2, 0.25) is 4.34 Å². The molecule has 0 aromatic carbocycles. The molecule has 2 atom stereocenters. The molecule has 1 saturated carbocycles. The molecule has 0 aliphatic heterocycles. The number of aliphatic carboxylic acids is 1. The van der Waals surface area contributed by atoms with Gasteiger partial charge in [0.2, 0.25) is 0 Å². The van der Waals surface area contributed by atoms with Gasteiger partial charge in [-0.25, -0.2) is 0 Å². The molecular formula is C8H7ClO2S. The van der Waals surface area contributed by atoms with Crippen LogP contribution in [0.15, 0.2) is 11.4 Å². The topological polar surface area (TPSA) is 37.3 Å². The number of carboxylic acids is 1. The number of hydrogen-bond acceptors (Lipinski definition) is 2. The van der Waals surface area contributed by atoms with Crippen LogP contribution in [0.3, 0.4) is 0 Å². The van der Waals surface area contributed by atoms with Gasteiger partial charge < -0.3 is 5.11 Å². The Morgan fingerprint density at radius 2 is 2.50 bits per heavy atom. The molecule has 2 rings (SSSR count). The quantitative estimate of drug-likeness (QED) is 0.801. The fourth-order valence-electron chi connectivity index (χ4n) is 1.38. The van der Waals surface area contributed by atoms with Gasteiger partial charge in [-0.2, -0.15) is 0 Å². The second-order valence-corrected chi connectivity index (χ2v) is 4.45. The Hall–Kier alpha value is -0.540. The van der Waals surface area contributed by atoms with Gasteiger partial charge in [-0.1, -0.05) is 11.6 Å². The van der Waals surface area contributed by atoms with Gasteiger partial charge in [-0.05, 0) is 23.4 Å². The Balaban J connectivity index is 2.15. The summed E-state index contributed by atoms with van der Waals surface area (Å²) in [5, 5.41) is 10.6. The molecule has 1 N–H and O–H groups in total. The first kappa shape index (κ1) is 8.08. The van der Waals surface area contributed by atoms with Gasteiger partial charge in [0.25, 0.3) is 0 Å².